The maximum Gasteiger partial charge on any atom is 0.102 e. The third-order valence-corrected chi connectivity index (χ3v) is 2.18. The Morgan fingerprint density at radius 2 is 2.27 bits per heavy atom. The summed E-state index contributed by atoms with van der Waals surface area (Å²) in [5, 5.41) is 9.81. The van der Waals surface area contributed by atoms with Crippen LogP contribution in [0.1, 0.15) is 11.3 Å². The molecule has 0 saturated carbocycles. The number of pyridine rings is 1. The summed E-state index contributed by atoms with van der Waals surface area (Å²) in [5.41, 5.74) is 1.90. The highest BCUT2D eigenvalue weighted by Crippen LogP contribution is 2.17. The lowest BCUT2D eigenvalue weighted by Crippen LogP contribution is -1.92. The molecule has 0 saturated heterocycles. The Morgan fingerprint density at radius 3 is 2.82 bits per heavy atom. The van der Waals surface area contributed by atoms with Crippen LogP contribution in [-0.4, -0.2) is 16.3 Å². The van der Waals surface area contributed by atoms with Gasteiger partial charge in [-0.1, -0.05) is 6.07 Å². The molecule has 3 heteroatoms. The molecule has 0 aliphatic rings. The molecule has 11 heavy (non-hydrogen) atoms. The highest BCUT2D eigenvalue weighted by molar-refractivity contribution is 7.98. The number of thioether (sulfide) groups is 1. The van der Waals surface area contributed by atoms with Crippen molar-refractivity contribution in [3.63, 3.8) is 0 Å². The minimum atomic E-state index is 0.0729. The van der Waals surface area contributed by atoms with Gasteiger partial charge in [0.2, 0.25) is 0 Å². The van der Waals surface area contributed by atoms with Gasteiger partial charge in [-0.2, -0.15) is 0 Å². The summed E-state index contributed by atoms with van der Waals surface area (Å²) in [5.74, 6) is 0. The largest absolute Gasteiger partial charge is 0.392 e. The Labute approximate surface area is 70.7 Å². The maximum absolute atomic E-state index is 8.89. The quantitative estimate of drug-likeness (QED) is 0.683. The molecule has 1 rings (SSSR count). The third kappa shape index (κ3) is 1.94. The summed E-state index contributed by atoms with van der Waals surface area (Å²) in [7, 11) is 0. The van der Waals surface area contributed by atoms with Gasteiger partial charge in [0.05, 0.1) is 6.61 Å². The van der Waals surface area contributed by atoms with E-state index < -0.39 is 0 Å². The zero-order valence-electron chi connectivity index (χ0n) is 6.66. The van der Waals surface area contributed by atoms with Crippen molar-refractivity contribution in [2.75, 3.05) is 6.26 Å². The second-order valence-corrected chi connectivity index (χ2v) is 3.07. The van der Waals surface area contributed by atoms with Crippen LogP contribution in [0.5, 0.6) is 0 Å². The summed E-state index contributed by atoms with van der Waals surface area (Å²) >= 11 is 1.56. The second kappa shape index (κ2) is 3.74. The molecule has 1 aromatic rings. The molecule has 0 radical (unpaired) electrons. The molecule has 0 aromatic carbocycles. The van der Waals surface area contributed by atoms with Crippen molar-refractivity contribution in [1.82, 2.24) is 4.98 Å². The first-order chi connectivity index (χ1) is 5.27. The van der Waals surface area contributed by atoms with Gasteiger partial charge in [-0.05, 0) is 19.2 Å². The van der Waals surface area contributed by atoms with E-state index in [1.54, 1.807) is 11.8 Å². The van der Waals surface area contributed by atoms with Crippen molar-refractivity contribution < 1.29 is 5.11 Å². The fourth-order valence-electron chi connectivity index (χ4n) is 0.859. The Balaban J connectivity index is 3.06. The molecule has 0 fully saturated rings. The highest BCUT2D eigenvalue weighted by atomic mass is 32.2. The standard InChI is InChI=1S/C8H11NOS/c1-6-3-4-7(5-10)8(9-6)11-2/h3-4,10H,5H2,1-2H3. The zero-order chi connectivity index (χ0) is 8.27. The van der Waals surface area contributed by atoms with Crippen LogP contribution in [0.3, 0.4) is 0 Å². The van der Waals surface area contributed by atoms with Crippen molar-refractivity contribution in [3.05, 3.63) is 23.4 Å². The number of nitrogens with zero attached hydrogens (tertiary/aromatic N) is 1. The predicted octanol–water partition coefficient (Wildman–Crippen LogP) is 1.60. The van der Waals surface area contributed by atoms with E-state index in [0.717, 1.165) is 16.3 Å². The number of hydrogen-bond acceptors (Lipinski definition) is 3. The van der Waals surface area contributed by atoms with Crippen LogP contribution in [0, 0.1) is 6.92 Å². The van der Waals surface area contributed by atoms with E-state index in [1.807, 2.05) is 25.3 Å². The smallest absolute Gasteiger partial charge is 0.102 e. The van der Waals surface area contributed by atoms with Crippen molar-refractivity contribution in [2.24, 2.45) is 0 Å². The Hall–Kier alpha value is -0.540. The van der Waals surface area contributed by atoms with Crippen LogP contribution in [-0.2, 0) is 6.61 Å². The van der Waals surface area contributed by atoms with E-state index >= 15 is 0 Å². The van der Waals surface area contributed by atoms with Crippen LogP contribution in [0.25, 0.3) is 0 Å². The summed E-state index contributed by atoms with van der Waals surface area (Å²) in [6, 6.07) is 3.82. The average Bonchev–Trinajstić information content (AvgIpc) is 2.04. The lowest BCUT2D eigenvalue weighted by Gasteiger charge is -2.03. The van der Waals surface area contributed by atoms with E-state index in [9.17, 15) is 0 Å². The van der Waals surface area contributed by atoms with Gasteiger partial charge in [0.25, 0.3) is 0 Å². The molecule has 0 atom stereocenters. The monoisotopic (exact) mass is 169 g/mol. The molecule has 60 valence electrons. The Bertz CT molecular complexity index is 250. The van der Waals surface area contributed by atoms with Gasteiger partial charge in [0, 0.05) is 11.3 Å². The first-order valence-electron chi connectivity index (χ1n) is 3.39. The van der Waals surface area contributed by atoms with Crippen LogP contribution in [0.2, 0.25) is 0 Å². The molecule has 0 aliphatic carbocycles. The first-order valence-corrected chi connectivity index (χ1v) is 4.61. The van der Waals surface area contributed by atoms with Crippen molar-refractivity contribution >= 4 is 11.8 Å². The van der Waals surface area contributed by atoms with Gasteiger partial charge in [0.15, 0.2) is 0 Å². The normalized spacial score (nSPS) is 10.1. The molecule has 0 bridgehead atoms. The van der Waals surface area contributed by atoms with Gasteiger partial charge >= 0.3 is 0 Å². The summed E-state index contributed by atoms with van der Waals surface area (Å²) in [6.07, 6.45) is 1.96. The second-order valence-electron chi connectivity index (χ2n) is 2.28. The SMILES string of the molecule is CSc1nc(C)ccc1CO. The van der Waals surface area contributed by atoms with E-state index in [1.165, 1.54) is 0 Å². The van der Waals surface area contributed by atoms with Gasteiger partial charge in [-0.3, -0.25) is 0 Å². The first kappa shape index (κ1) is 8.56. The van der Waals surface area contributed by atoms with Gasteiger partial charge in [-0.25, -0.2) is 4.98 Å². The number of aromatic nitrogens is 1. The number of aryl methyl sites for hydroxylation is 1. The van der Waals surface area contributed by atoms with E-state index in [-0.39, 0.29) is 6.61 Å². The fraction of sp³-hybridized carbons (Fsp3) is 0.375. The van der Waals surface area contributed by atoms with E-state index in [2.05, 4.69) is 4.98 Å². The molecule has 1 N–H and O–H groups in total. The molecule has 1 aromatic heterocycles. The van der Waals surface area contributed by atoms with Crippen LogP contribution in [0.15, 0.2) is 17.2 Å². The molecule has 0 aliphatic heterocycles. The van der Waals surface area contributed by atoms with Crippen LogP contribution < -0.4 is 0 Å². The van der Waals surface area contributed by atoms with Crippen LogP contribution >= 0.6 is 11.8 Å². The highest BCUT2D eigenvalue weighted by Gasteiger charge is 2.00. The van der Waals surface area contributed by atoms with Gasteiger partial charge < -0.3 is 5.11 Å². The summed E-state index contributed by atoms with van der Waals surface area (Å²) in [4.78, 5) is 4.27. The Kier molecular flexibility index (Phi) is 2.91. The summed E-state index contributed by atoms with van der Waals surface area (Å²) in [6.45, 7) is 2.02. The van der Waals surface area contributed by atoms with Crippen molar-refractivity contribution in [3.8, 4) is 0 Å². The third-order valence-electron chi connectivity index (χ3n) is 1.44. The average molecular weight is 169 g/mol. The summed E-state index contributed by atoms with van der Waals surface area (Å²) < 4.78 is 0. The zero-order valence-corrected chi connectivity index (χ0v) is 7.48. The van der Waals surface area contributed by atoms with Gasteiger partial charge in [0.1, 0.15) is 5.03 Å². The maximum atomic E-state index is 8.89. The van der Waals surface area contributed by atoms with Crippen LogP contribution in [0.4, 0.5) is 0 Å². The molecular weight excluding hydrogens is 158 g/mol. The topological polar surface area (TPSA) is 33.1 Å². The number of aliphatic hydroxyl groups excluding tert-OH is 1. The molecular formula is C8H11NOS. The fourth-order valence-corrected chi connectivity index (χ4v) is 1.49. The number of hydrogen-bond donors (Lipinski definition) is 1. The minimum Gasteiger partial charge on any atom is -0.392 e. The number of aliphatic hydroxyl groups is 1. The molecule has 0 unspecified atom stereocenters. The lowest BCUT2D eigenvalue weighted by molar-refractivity contribution is 0.278. The molecule has 0 amide bonds. The molecule has 0 spiro atoms. The Morgan fingerprint density at radius 1 is 1.55 bits per heavy atom. The number of rotatable bonds is 2. The lowest BCUT2D eigenvalue weighted by atomic mass is 10.3. The van der Waals surface area contributed by atoms with Crippen molar-refractivity contribution in [2.45, 2.75) is 18.6 Å². The minimum absolute atomic E-state index is 0.0729. The van der Waals surface area contributed by atoms with E-state index in [4.69, 9.17) is 5.11 Å². The predicted molar refractivity (Wildman–Crippen MR) is 46.7 cm³/mol. The van der Waals surface area contributed by atoms with Crippen molar-refractivity contribution in [1.29, 1.82) is 0 Å². The van der Waals surface area contributed by atoms with E-state index in [0.29, 0.717) is 0 Å². The van der Waals surface area contributed by atoms with Gasteiger partial charge in [-0.15, -0.1) is 11.8 Å². The molecule has 2 nitrogen and oxygen atoms in total. The molecule has 1 heterocycles.